The van der Waals surface area contributed by atoms with Crippen LogP contribution in [0.5, 0.6) is 0 Å². The number of aryl methyl sites for hydroxylation is 2. The molecule has 0 saturated heterocycles. The Morgan fingerprint density at radius 1 is 1.21 bits per heavy atom. The van der Waals surface area contributed by atoms with Crippen LogP contribution in [0.4, 0.5) is 13.2 Å². The van der Waals surface area contributed by atoms with E-state index >= 15 is 0 Å². The monoisotopic (exact) mass is 293 g/mol. The molecule has 8 heteroatoms. The highest BCUT2D eigenvalue weighted by atomic mass is 32.2. The maximum atomic E-state index is 11.9. The molecule has 0 aliphatic rings. The van der Waals surface area contributed by atoms with Crippen LogP contribution < -0.4 is 5.32 Å². The number of carbonyl (C=O) groups is 1. The second-order valence-electron chi connectivity index (χ2n) is 3.98. The SMILES string of the molecule is Cc1nc(SCC(=O)NCC(F)(F)F)nc(C)c1C. The molecule has 1 N–H and O–H groups in total. The third kappa shape index (κ3) is 5.46. The van der Waals surface area contributed by atoms with E-state index in [2.05, 4.69) is 9.97 Å². The van der Waals surface area contributed by atoms with E-state index in [1.54, 1.807) is 5.32 Å². The number of hydrogen-bond donors (Lipinski definition) is 1. The molecule has 0 aliphatic heterocycles. The van der Waals surface area contributed by atoms with Gasteiger partial charge in [0.1, 0.15) is 6.54 Å². The van der Waals surface area contributed by atoms with E-state index in [9.17, 15) is 18.0 Å². The standard InChI is InChI=1S/C11H14F3N3OS/c1-6-7(2)16-10(17-8(6)3)19-4-9(18)15-5-11(12,13)14/h4-5H2,1-3H3,(H,15,18). The molecule has 4 nitrogen and oxygen atoms in total. The molecule has 1 rings (SSSR count). The third-order valence-electron chi connectivity index (χ3n) is 2.43. The zero-order valence-electron chi connectivity index (χ0n) is 10.8. The van der Waals surface area contributed by atoms with Crippen molar-refractivity contribution in [1.82, 2.24) is 15.3 Å². The fraction of sp³-hybridized carbons (Fsp3) is 0.545. The Balaban J connectivity index is 2.51. The number of alkyl halides is 3. The van der Waals surface area contributed by atoms with Crippen LogP contribution in [0.25, 0.3) is 0 Å². The molecule has 1 aromatic rings. The number of halogens is 3. The quantitative estimate of drug-likeness (QED) is 0.683. The highest BCUT2D eigenvalue weighted by Gasteiger charge is 2.27. The van der Waals surface area contributed by atoms with Crippen molar-refractivity contribution in [2.75, 3.05) is 12.3 Å². The summed E-state index contributed by atoms with van der Waals surface area (Å²) >= 11 is 1.01. The van der Waals surface area contributed by atoms with Gasteiger partial charge in [-0.2, -0.15) is 13.2 Å². The van der Waals surface area contributed by atoms with Crippen LogP contribution in [-0.2, 0) is 4.79 Å². The topological polar surface area (TPSA) is 54.9 Å². The number of rotatable bonds is 4. The first kappa shape index (κ1) is 15.7. The van der Waals surface area contributed by atoms with Crippen molar-refractivity contribution in [2.45, 2.75) is 32.1 Å². The molecule has 0 saturated carbocycles. The van der Waals surface area contributed by atoms with Crippen molar-refractivity contribution >= 4 is 17.7 Å². The van der Waals surface area contributed by atoms with Crippen LogP contribution in [0.15, 0.2) is 5.16 Å². The van der Waals surface area contributed by atoms with E-state index < -0.39 is 18.6 Å². The minimum absolute atomic E-state index is 0.141. The highest BCUT2D eigenvalue weighted by molar-refractivity contribution is 7.99. The molecular weight excluding hydrogens is 279 g/mol. The molecule has 106 valence electrons. The molecular formula is C11H14F3N3OS. The molecule has 0 aliphatic carbocycles. The lowest BCUT2D eigenvalue weighted by molar-refractivity contribution is -0.136. The minimum Gasteiger partial charge on any atom is -0.346 e. The molecule has 19 heavy (non-hydrogen) atoms. The van der Waals surface area contributed by atoms with Crippen LogP contribution in [-0.4, -0.2) is 34.3 Å². The van der Waals surface area contributed by atoms with Gasteiger partial charge in [-0.1, -0.05) is 11.8 Å². The molecule has 0 aromatic carbocycles. The Morgan fingerprint density at radius 3 is 2.21 bits per heavy atom. The summed E-state index contributed by atoms with van der Waals surface area (Å²) < 4.78 is 35.6. The maximum absolute atomic E-state index is 11.9. The Morgan fingerprint density at radius 2 is 1.74 bits per heavy atom. The van der Waals surface area contributed by atoms with Gasteiger partial charge in [-0.3, -0.25) is 4.79 Å². The second-order valence-corrected chi connectivity index (χ2v) is 4.93. The van der Waals surface area contributed by atoms with E-state index in [1.807, 2.05) is 20.8 Å². The van der Waals surface area contributed by atoms with Gasteiger partial charge < -0.3 is 5.32 Å². The number of hydrogen-bond acceptors (Lipinski definition) is 4. The predicted octanol–water partition coefficient (Wildman–Crippen LogP) is 2.17. The third-order valence-corrected chi connectivity index (χ3v) is 3.28. The minimum atomic E-state index is -4.39. The van der Waals surface area contributed by atoms with Gasteiger partial charge in [-0.25, -0.2) is 9.97 Å². The number of amides is 1. The van der Waals surface area contributed by atoms with Crippen molar-refractivity contribution in [1.29, 1.82) is 0 Å². The summed E-state index contributed by atoms with van der Waals surface area (Å²) in [6.45, 7) is 4.20. The van der Waals surface area contributed by atoms with E-state index in [0.29, 0.717) is 5.16 Å². The van der Waals surface area contributed by atoms with Gasteiger partial charge in [0.05, 0.1) is 5.75 Å². The normalized spacial score (nSPS) is 11.5. The lowest BCUT2D eigenvalue weighted by Gasteiger charge is -2.08. The van der Waals surface area contributed by atoms with Gasteiger partial charge in [0.15, 0.2) is 5.16 Å². The van der Waals surface area contributed by atoms with Gasteiger partial charge in [-0.15, -0.1) is 0 Å². The Labute approximate surface area is 113 Å². The van der Waals surface area contributed by atoms with E-state index in [0.717, 1.165) is 28.7 Å². The predicted molar refractivity (Wildman–Crippen MR) is 66.0 cm³/mol. The lowest BCUT2D eigenvalue weighted by atomic mass is 10.2. The largest absolute Gasteiger partial charge is 0.405 e. The fourth-order valence-corrected chi connectivity index (χ4v) is 1.95. The van der Waals surface area contributed by atoms with E-state index in [-0.39, 0.29) is 5.75 Å². The highest BCUT2D eigenvalue weighted by Crippen LogP contribution is 2.17. The number of nitrogens with one attached hydrogen (secondary N) is 1. The van der Waals surface area contributed by atoms with E-state index in [4.69, 9.17) is 0 Å². The van der Waals surface area contributed by atoms with Crippen molar-refractivity contribution in [3.63, 3.8) is 0 Å². The number of aromatic nitrogens is 2. The van der Waals surface area contributed by atoms with Crippen molar-refractivity contribution in [3.8, 4) is 0 Å². The zero-order valence-corrected chi connectivity index (χ0v) is 11.6. The van der Waals surface area contributed by atoms with Crippen LogP contribution in [0.1, 0.15) is 17.0 Å². The van der Waals surface area contributed by atoms with Gasteiger partial charge in [0, 0.05) is 11.4 Å². The number of nitrogens with zero attached hydrogens (tertiary/aromatic N) is 2. The average Bonchev–Trinajstić information content (AvgIpc) is 2.29. The van der Waals surface area contributed by atoms with Gasteiger partial charge in [0.25, 0.3) is 0 Å². The summed E-state index contributed by atoms with van der Waals surface area (Å²) in [6, 6.07) is 0. The molecule has 0 spiro atoms. The van der Waals surface area contributed by atoms with Crippen molar-refractivity contribution in [2.24, 2.45) is 0 Å². The summed E-state index contributed by atoms with van der Waals surface area (Å²) in [6.07, 6.45) is -4.39. The maximum Gasteiger partial charge on any atom is 0.405 e. The summed E-state index contributed by atoms with van der Waals surface area (Å²) in [7, 11) is 0. The van der Waals surface area contributed by atoms with E-state index in [1.165, 1.54) is 0 Å². The Kier molecular flexibility index (Phi) is 5.16. The first-order valence-electron chi connectivity index (χ1n) is 5.47. The van der Waals surface area contributed by atoms with Crippen LogP contribution in [0.3, 0.4) is 0 Å². The first-order chi connectivity index (χ1) is 8.69. The van der Waals surface area contributed by atoms with Crippen LogP contribution in [0.2, 0.25) is 0 Å². The fourth-order valence-electron chi connectivity index (χ4n) is 1.19. The second kappa shape index (κ2) is 6.23. The van der Waals surface area contributed by atoms with Gasteiger partial charge in [0.2, 0.25) is 5.91 Å². The molecule has 0 radical (unpaired) electrons. The smallest absolute Gasteiger partial charge is 0.346 e. The summed E-state index contributed by atoms with van der Waals surface area (Å²) in [5.41, 5.74) is 2.56. The molecule has 1 heterocycles. The molecule has 0 bridgehead atoms. The zero-order chi connectivity index (χ0) is 14.6. The molecule has 0 fully saturated rings. The average molecular weight is 293 g/mol. The van der Waals surface area contributed by atoms with Crippen molar-refractivity contribution < 1.29 is 18.0 Å². The van der Waals surface area contributed by atoms with Gasteiger partial charge >= 0.3 is 6.18 Å². The lowest BCUT2D eigenvalue weighted by Crippen LogP contribution is -2.34. The van der Waals surface area contributed by atoms with Crippen LogP contribution >= 0.6 is 11.8 Å². The number of carbonyl (C=O) groups excluding carboxylic acids is 1. The van der Waals surface area contributed by atoms with Crippen molar-refractivity contribution in [3.05, 3.63) is 17.0 Å². The molecule has 1 aromatic heterocycles. The summed E-state index contributed by atoms with van der Waals surface area (Å²) in [5, 5.41) is 2.18. The summed E-state index contributed by atoms with van der Waals surface area (Å²) in [4.78, 5) is 19.5. The first-order valence-corrected chi connectivity index (χ1v) is 6.45. The molecule has 1 amide bonds. The number of thioether (sulfide) groups is 1. The Bertz CT molecular complexity index is 454. The molecule has 0 unspecified atom stereocenters. The van der Waals surface area contributed by atoms with Gasteiger partial charge in [-0.05, 0) is 26.3 Å². The van der Waals surface area contributed by atoms with Crippen LogP contribution in [0, 0.1) is 20.8 Å². The summed E-state index contributed by atoms with van der Waals surface area (Å²) in [5.74, 6) is -0.834. The Hall–Kier alpha value is -1.31. The molecule has 0 atom stereocenters.